The van der Waals surface area contributed by atoms with Gasteiger partial charge in [-0.05, 0) is 30.4 Å². The maximum atomic E-state index is 6.04. The molecule has 100 valence electrons. The molecule has 0 bridgehead atoms. The summed E-state index contributed by atoms with van der Waals surface area (Å²) >= 11 is 6.04. The van der Waals surface area contributed by atoms with E-state index in [1.165, 1.54) is 19.3 Å². The van der Waals surface area contributed by atoms with Gasteiger partial charge in [0, 0.05) is 11.6 Å². The fraction of sp³-hybridized carbons (Fsp3) is 0.462. The van der Waals surface area contributed by atoms with Crippen LogP contribution in [-0.4, -0.2) is 12.5 Å². The smallest absolute Gasteiger partial charge is 0.188 e. The van der Waals surface area contributed by atoms with E-state index < -0.39 is 0 Å². The number of nitrogens with two attached hydrogens (primary N) is 1. The third-order valence-corrected chi connectivity index (χ3v) is 3.54. The lowest BCUT2D eigenvalue weighted by molar-refractivity contribution is 0.315. The second-order valence-electron chi connectivity index (χ2n) is 4.47. The molecule has 0 unspecified atom stereocenters. The molecule has 1 aromatic carbocycles. The van der Waals surface area contributed by atoms with Gasteiger partial charge in [0.25, 0.3) is 0 Å². The maximum Gasteiger partial charge on any atom is 0.188 e. The van der Waals surface area contributed by atoms with E-state index >= 15 is 0 Å². The fourth-order valence-corrected chi connectivity index (χ4v) is 1.99. The number of aliphatic imine (C=N–C) groups is 1. The summed E-state index contributed by atoms with van der Waals surface area (Å²) < 4.78 is 0. The SMILES string of the molecule is I.NC(=NCc1ccccc1Cl)NCC1CCC1. The van der Waals surface area contributed by atoms with Crippen LogP contribution in [0.25, 0.3) is 0 Å². The molecule has 1 aromatic rings. The molecule has 1 fully saturated rings. The Hall–Kier alpha value is -0.490. The molecule has 18 heavy (non-hydrogen) atoms. The van der Waals surface area contributed by atoms with Crippen LogP contribution in [0.2, 0.25) is 5.02 Å². The quantitative estimate of drug-likeness (QED) is 0.480. The number of guanidine groups is 1. The Balaban J connectivity index is 0.00000162. The molecule has 0 amide bonds. The molecule has 1 saturated carbocycles. The summed E-state index contributed by atoms with van der Waals surface area (Å²) in [5.74, 6) is 1.29. The minimum absolute atomic E-state index is 0. The minimum Gasteiger partial charge on any atom is -0.370 e. The standard InChI is InChI=1S/C13H18ClN3.HI/c14-12-7-2-1-6-11(12)9-17-13(15)16-8-10-4-3-5-10;/h1-2,6-7,10H,3-5,8-9H2,(H3,15,16,17);1H. The summed E-state index contributed by atoms with van der Waals surface area (Å²) in [6.07, 6.45) is 3.97. The number of rotatable bonds is 4. The second-order valence-corrected chi connectivity index (χ2v) is 4.88. The monoisotopic (exact) mass is 379 g/mol. The van der Waals surface area contributed by atoms with Gasteiger partial charge in [-0.2, -0.15) is 0 Å². The average Bonchev–Trinajstić information content (AvgIpc) is 2.26. The van der Waals surface area contributed by atoms with Crippen molar-refractivity contribution in [1.29, 1.82) is 0 Å². The van der Waals surface area contributed by atoms with E-state index in [2.05, 4.69) is 10.3 Å². The van der Waals surface area contributed by atoms with Gasteiger partial charge in [0.2, 0.25) is 0 Å². The number of nitrogens with one attached hydrogen (secondary N) is 1. The maximum absolute atomic E-state index is 6.04. The summed E-state index contributed by atoms with van der Waals surface area (Å²) in [6.45, 7) is 1.47. The van der Waals surface area contributed by atoms with Crippen molar-refractivity contribution in [1.82, 2.24) is 5.32 Å². The van der Waals surface area contributed by atoms with E-state index in [1.807, 2.05) is 24.3 Å². The van der Waals surface area contributed by atoms with Crippen LogP contribution in [-0.2, 0) is 6.54 Å². The predicted molar refractivity (Wildman–Crippen MR) is 87.5 cm³/mol. The lowest BCUT2D eigenvalue weighted by atomic mass is 9.85. The highest BCUT2D eigenvalue weighted by Gasteiger charge is 2.16. The third kappa shape index (κ3) is 4.65. The van der Waals surface area contributed by atoms with E-state index in [-0.39, 0.29) is 24.0 Å². The number of hydrogen-bond acceptors (Lipinski definition) is 1. The van der Waals surface area contributed by atoms with Crippen molar-refractivity contribution in [3.05, 3.63) is 34.9 Å². The first-order valence-corrected chi connectivity index (χ1v) is 6.40. The van der Waals surface area contributed by atoms with Crippen LogP contribution in [0.4, 0.5) is 0 Å². The molecular weight excluding hydrogens is 361 g/mol. The Morgan fingerprint density at radius 2 is 2.11 bits per heavy atom. The van der Waals surface area contributed by atoms with Crippen molar-refractivity contribution in [2.45, 2.75) is 25.8 Å². The van der Waals surface area contributed by atoms with Gasteiger partial charge < -0.3 is 11.1 Å². The molecule has 2 rings (SSSR count). The van der Waals surface area contributed by atoms with Crippen molar-refractivity contribution < 1.29 is 0 Å². The first-order chi connectivity index (χ1) is 8.25. The first kappa shape index (κ1) is 15.6. The van der Waals surface area contributed by atoms with Gasteiger partial charge in [0.05, 0.1) is 6.54 Å². The zero-order valence-electron chi connectivity index (χ0n) is 10.2. The molecule has 0 heterocycles. The zero-order valence-corrected chi connectivity index (χ0v) is 13.3. The lowest BCUT2D eigenvalue weighted by Crippen LogP contribution is -2.37. The van der Waals surface area contributed by atoms with Gasteiger partial charge in [0.1, 0.15) is 0 Å². The van der Waals surface area contributed by atoms with Gasteiger partial charge in [-0.25, -0.2) is 4.99 Å². The van der Waals surface area contributed by atoms with Crippen molar-refractivity contribution in [3.8, 4) is 0 Å². The number of benzene rings is 1. The highest BCUT2D eigenvalue weighted by molar-refractivity contribution is 14.0. The fourth-order valence-electron chi connectivity index (χ4n) is 1.80. The molecule has 5 heteroatoms. The number of hydrogen-bond donors (Lipinski definition) is 2. The van der Waals surface area contributed by atoms with E-state index in [9.17, 15) is 0 Å². The Morgan fingerprint density at radius 1 is 1.39 bits per heavy atom. The topological polar surface area (TPSA) is 50.4 Å². The van der Waals surface area contributed by atoms with E-state index in [0.29, 0.717) is 12.5 Å². The van der Waals surface area contributed by atoms with Gasteiger partial charge in [-0.1, -0.05) is 36.2 Å². The molecule has 1 aliphatic rings. The Morgan fingerprint density at radius 3 is 2.72 bits per heavy atom. The Kier molecular flexibility index (Phi) is 6.78. The number of nitrogens with zero attached hydrogens (tertiary/aromatic N) is 1. The van der Waals surface area contributed by atoms with Crippen molar-refractivity contribution in [3.63, 3.8) is 0 Å². The molecule has 0 aromatic heterocycles. The van der Waals surface area contributed by atoms with Crippen LogP contribution in [0.1, 0.15) is 24.8 Å². The van der Waals surface area contributed by atoms with Crippen LogP contribution in [0.15, 0.2) is 29.3 Å². The summed E-state index contributed by atoms with van der Waals surface area (Å²) in [4.78, 5) is 4.28. The highest BCUT2D eigenvalue weighted by atomic mass is 127. The third-order valence-electron chi connectivity index (χ3n) is 3.17. The van der Waals surface area contributed by atoms with Crippen LogP contribution >= 0.6 is 35.6 Å². The van der Waals surface area contributed by atoms with Gasteiger partial charge in [0.15, 0.2) is 5.96 Å². The van der Waals surface area contributed by atoms with Gasteiger partial charge >= 0.3 is 0 Å². The first-order valence-electron chi connectivity index (χ1n) is 6.03. The lowest BCUT2D eigenvalue weighted by Gasteiger charge is -2.25. The normalized spacial score (nSPS) is 15.7. The summed E-state index contributed by atoms with van der Waals surface area (Å²) in [6, 6.07) is 7.69. The van der Waals surface area contributed by atoms with Crippen LogP contribution in [0.5, 0.6) is 0 Å². The van der Waals surface area contributed by atoms with Crippen LogP contribution in [0.3, 0.4) is 0 Å². The molecule has 0 aliphatic heterocycles. The van der Waals surface area contributed by atoms with Crippen molar-refractivity contribution in [2.75, 3.05) is 6.54 Å². The molecule has 3 N–H and O–H groups in total. The summed E-state index contributed by atoms with van der Waals surface area (Å²) in [5, 5.41) is 3.90. The van der Waals surface area contributed by atoms with E-state index in [4.69, 9.17) is 17.3 Å². The molecule has 3 nitrogen and oxygen atoms in total. The molecule has 0 spiro atoms. The largest absolute Gasteiger partial charge is 0.370 e. The van der Waals surface area contributed by atoms with E-state index in [0.717, 1.165) is 23.0 Å². The van der Waals surface area contributed by atoms with Crippen molar-refractivity contribution in [2.24, 2.45) is 16.6 Å². The second kappa shape index (κ2) is 7.84. The van der Waals surface area contributed by atoms with Gasteiger partial charge in [-0.3, -0.25) is 0 Å². The van der Waals surface area contributed by atoms with Crippen LogP contribution in [0, 0.1) is 5.92 Å². The summed E-state index contributed by atoms with van der Waals surface area (Å²) in [5.41, 5.74) is 6.80. The molecule has 0 radical (unpaired) electrons. The minimum atomic E-state index is 0. The zero-order chi connectivity index (χ0) is 12.1. The molecular formula is C13H19ClIN3. The van der Waals surface area contributed by atoms with Crippen LogP contribution < -0.4 is 11.1 Å². The van der Waals surface area contributed by atoms with Gasteiger partial charge in [-0.15, -0.1) is 24.0 Å². The highest BCUT2D eigenvalue weighted by Crippen LogP contribution is 2.25. The Labute approximate surface area is 130 Å². The van der Waals surface area contributed by atoms with Crippen molar-refractivity contribution >= 4 is 41.5 Å². The predicted octanol–water partition coefficient (Wildman–Crippen LogP) is 3.16. The number of halogens is 2. The summed E-state index contributed by atoms with van der Waals surface area (Å²) in [7, 11) is 0. The molecule has 0 atom stereocenters. The molecule has 0 saturated heterocycles. The molecule has 1 aliphatic carbocycles. The van der Waals surface area contributed by atoms with E-state index in [1.54, 1.807) is 0 Å². The average molecular weight is 380 g/mol. The Bertz CT molecular complexity index is 405.